The summed E-state index contributed by atoms with van der Waals surface area (Å²) < 4.78 is 0. The summed E-state index contributed by atoms with van der Waals surface area (Å²) in [6.07, 6.45) is -0.236. The Morgan fingerprint density at radius 2 is 1.34 bits per heavy atom. The van der Waals surface area contributed by atoms with Crippen molar-refractivity contribution < 1.29 is 53.1 Å². The highest BCUT2D eigenvalue weighted by atomic mass is 32.2. The maximum absolute atomic E-state index is 14.5. The molecule has 1 aliphatic heterocycles. The van der Waals surface area contributed by atoms with Gasteiger partial charge in [0.25, 0.3) is 0 Å². The molecular weight excluding hydrogens is 927 g/mol. The number of thioether (sulfide) groups is 1. The van der Waals surface area contributed by atoms with Crippen LogP contribution in [-0.2, 0) is 60.1 Å². The Morgan fingerprint density at radius 1 is 0.714 bits per heavy atom. The molecule has 0 spiro atoms. The molecule has 10 amide bonds. The van der Waals surface area contributed by atoms with E-state index >= 15 is 0 Å². The van der Waals surface area contributed by atoms with Crippen LogP contribution in [0.3, 0.4) is 0 Å². The van der Waals surface area contributed by atoms with Gasteiger partial charge in [0.15, 0.2) is 0 Å². The Morgan fingerprint density at radius 3 is 1.94 bits per heavy atom. The summed E-state index contributed by atoms with van der Waals surface area (Å²) in [5.74, 6) is -8.26. The minimum atomic E-state index is -1.72. The number of primary amides is 3. The Bertz CT molecular complexity index is 2150. The van der Waals surface area contributed by atoms with Crippen molar-refractivity contribution in [3.05, 3.63) is 65.7 Å². The predicted molar refractivity (Wildman–Crippen MR) is 260 cm³/mol. The highest BCUT2D eigenvalue weighted by Gasteiger charge is 2.40. The number of rotatable bonds is 29. The number of likely N-dealkylation sites (tertiary alicyclic amines) is 1. The van der Waals surface area contributed by atoms with Gasteiger partial charge in [0.1, 0.15) is 42.0 Å². The molecule has 3 rings (SSSR count). The number of carbonyl (C=O) groups excluding carboxylic acids is 10. The highest BCUT2D eigenvalue weighted by molar-refractivity contribution is 7.98. The third kappa shape index (κ3) is 19.3. The molecule has 1 aliphatic rings. The SMILES string of the molecule is CC[C@H](C)[C@H](NC(=O)[C@@H](N)Cc1ccc(O)cc1)C(=O)N[C@@H](CCC(N)=O)C(=O)N[C@@H](CC(N)=O)C(=O)N[C@@H](CSCc1ccccc1)C(=O)N1CCC[C@H]1C(=O)N[C@@H](CC(C)C)C(=O)NCC(N)=O. The zero-order valence-corrected chi connectivity index (χ0v) is 40.9. The van der Waals surface area contributed by atoms with Crippen molar-refractivity contribution in [2.45, 2.75) is 127 Å². The Labute approximate surface area is 411 Å². The number of nitrogens with two attached hydrogens (primary N) is 4. The van der Waals surface area contributed by atoms with Crippen LogP contribution in [0.5, 0.6) is 5.75 Å². The van der Waals surface area contributed by atoms with Crippen LogP contribution in [0.15, 0.2) is 54.6 Å². The van der Waals surface area contributed by atoms with Crippen LogP contribution in [0.25, 0.3) is 0 Å². The molecule has 0 unspecified atom stereocenters. The Hall–Kier alpha value is -6.75. The maximum atomic E-state index is 14.5. The van der Waals surface area contributed by atoms with Crippen molar-refractivity contribution in [2.75, 3.05) is 18.8 Å². The summed E-state index contributed by atoms with van der Waals surface area (Å²) >= 11 is 1.29. The lowest BCUT2D eigenvalue weighted by Crippen LogP contribution is -2.61. The first-order valence-corrected chi connectivity index (χ1v) is 24.4. The average Bonchev–Trinajstić information content (AvgIpc) is 3.81. The quantitative estimate of drug-likeness (QED) is 0.0440. The molecular formula is C47H69N11O11S. The van der Waals surface area contributed by atoms with E-state index in [9.17, 15) is 53.1 Å². The molecule has 2 aromatic rings. The molecule has 0 saturated carbocycles. The van der Waals surface area contributed by atoms with Gasteiger partial charge in [-0.25, -0.2) is 0 Å². The molecule has 22 nitrogen and oxygen atoms in total. The van der Waals surface area contributed by atoms with E-state index in [1.54, 1.807) is 26.0 Å². The third-order valence-corrected chi connectivity index (χ3v) is 12.6. The Kier molecular flexibility index (Phi) is 23.6. The third-order valence-electron chi connectivity index (χ3n) is 11.5. The number of benzene rings is 2. The first-order chi connectivity index (χ1) is 33.1. The van der Waals surface area contributed by atoms with E-state index in [0.717, 1.165) is 5.56 Å². The van der Waals surface area contributed by atoms with Gasteiger partial charge in [0, 0.05) is 24.5 Å². The van der Waals surface area contributed by atoms with E-state index in [1.165, 1.54) is 28.8 Å². The first kappa shape index (κ1) is 57.6. The lowest BCUT2D eigenvalue weighted by molar-refractivity contribution is -0.142. The predicted octanol–water partition coefficient (Wildman–Crippen LogP) is -1.56. The van der Waals surface area contributed by atoms with Crippen LogP contribution in [0.4, 0.5) is 0 Å². The number of phenols is 1. The number of nitrogens with one attached hydrogen (secondary N) is 6. The second kappa shape index (κ2) is 28.7. The van der Waals surface area contributed by atoms with Gasteiger partial charge in [-0.2, -0.15) is 11.8 Å². The minimum absolute atomic E-state index is 0.0241. The van der Waals surface area contributed by atoms with Gasteiger partial charge in [-0.05, 0) is 67.2 Å². The lowest BCUT2D eigenvalue weighted by atomic mass is 9.96. The van der Waals surface area contributed by atoms with E-state index in [4.69, 9.17) is 22.9 Å². The van der Waals surface area contributed by atoms with Crippen LogP contribution in [0, 0.1) is 11.8 Å². The number of aromatic hydroxyl groups is 1. The van der Waals surface area contributed by atoms with E-state index in [1.807, 2.05) is 44.2 Å². The van der Waals surface area contributed by atoms with E-state index in [-0.39, 0.29) is 49.6 Å². The normalized spacial score (nSPS) is 16.3. The molecule has 1 heterocycles. The first-order valence-electron chi connectivity index (χ1n) is 23.2. The molecule has 0 aromatic heterocycles. The zero-order chi connectivity index (χ0) is 52.1. The van der Waals surface area contributed by atoms with Gasteiger partial charge < -0.3 is 64.8 Å². The smallest absolute Gasteiger partial charge is 0.246 e. The molecule has 384 valence electrons. The highest BCUT2D eigenvalue weighted by Crippen LogP contribution is 2.22. The van der Waals surface area contributed by atoms with E-state index < -0.39 is 127 Å². The standard InChI is InChI=1S/C47H69N11O11S/c1-5-27(4)40(57-41(63)31(48)21-28-13-15-30(59)16-14-28)46(68)53-32(17-18-37(49)60)43(65)54-34(22-38(50)61)44(66)56-35(25-70-24-29-10-7-6-8-11-29)47(69)58-19-9-12-36(58)45(67)55-33(20-26(2)3)42(64)52-23-39(51)62/h6-8,10-11,13-16,26-27,31-36,40,59H,5,9,12,17-25,48H2,1-4H3,(H2,49,60)(H2,50,61)(H2,51,62)(H,52,64)(H,53,68)(H,54,65)(H,55,67)(H,56,66)(H,57,63)/t27-,31-,32-,33-,34-,35-,36-,40-/m0/s1. The van der Waals surface area contributed by atoms with Gasteiger partial charge in [0.2, 0.25) is 59.1 Å². The summed E-state index contributed by atoms with van der Waals surface area (Å²) in [4.78, 5) is 134. The average molecular weight is 996 g/mol. The lowest BCUT2D eigenvalue weighted by Gasteiger charge is -2.31. The fourth-order valence-corrected chi connectivity index (χ4v) is 8.54. The number of phenolic OH excluding ortho intramolecular Hbond substituents is 1. The van der Waals surface area contributed by atoms with Gasteiger partial charge in [-0.3, -0.25) is 47.9 Å². The molecule has 0 bridgehead atoms. The molecule has 70 heavy (non-hydrogen) atoms. The largest absolute Gasteiger partial charge is 0.508 e. The molecule has 15 N–H and O–H groups in total. The van der Waals surface area contributed by atoms with Crippen LogP contribution in [0.1, 0.15) is 83.8 Å². The number of amides is 10. The second-order valence-corrected chi connectivity index (χ2v) is 18.8. The maximum Gasteiger partial charge on any atom is 0.246 e. The molecule has 1 saturated heterocycles. The van der Waals surface area contributed by atoms with Gasteiger partial charge >= 0.3 is 0 Å². The van der Waals surface area contributed by atoms with Gasteiger partial charge in [-0.1, -0.05) is 76.6 Å². The van der Waals surface area contributed by atoms with Gasteiger partial charge in [0.05, 0.1) is 19.0 Å². The minimum Gasteiger partial charge on any atom is -0.508 e. The van der Waals surface area contributed by atoms with E-state index in [0.29, 0.717) is 24.2 Å². The molecule has 23 heteroatoms. The molecule has 0 radical (unpaired) electrons. The fraction of sp³-hybridized carbons (Fsp3) is 0.532. The van der Waals surface area contributed by atoms with Crippen LogP contribution in [0.2, 0.25) is 0 Å². The second-order valence-electron chi connectivity index (χ2n) is 17.8. The summed E-state index contributed by atoms with van der Waals surface area (Å²) in [6.45, 7) is 6.80. The van der Waals surface area contributed by atoms with Crippen molar-refractivity contribution in [3.63, 3.8) is 0 Å². The summed E-state index contributed by atoms with van der Waals surface area (Å²) in [7, 11) is 0. The van der Waals surface area contributed by atoms with Crippen molar-refractivity contribution >= 4 is 70.8 Å². The summed E-state index contributed by atoms with van der Waals surface area (Å²) in [5.41, 5.74) is 23.9. The number of hydrogen-bond donors (Lipinski definition) is 11. The van der Waals surface area contributed by atoms with Crippen molar-refractivity contribution in [1.29, 1.82) is 0 Å². The number of hydrogen-bond acceptors (Lipinski definition) is 13. The van der Waals surface area contributed by atoms with Crippen molar-refractivity contribution in [3.8, 4) is 5.75 Å². The van der Waals surface area contributed by atoms with Crippen LogP contribution < -0.4 is 54.8 Å². The summed E-state index contributed by atoms with van der Waals surface area (Å²) in [5, 5.41) is 25.0. The summed E-state index contributed by atoms with van der Waals surface area (Å²) in [6, 6.07) is 6.26. The molecule has 8 atom stereocenters. The van der Waals surface area contributed by atoms with Crippen LogP contribution in [-0.4, -0.2) is 130 Å². The zero-order valence-electron chi connectivity index (χ0n) is 40.1. The number of nitrogens with zero attached hydrogens (tertiary/aromatic N) is 1. The monoisotopic (exact) mass is 995 g/mol. The molecule has 1 fully saturated rings. The molecule has 0 aliphatic carbocycles. The molecule has 2 aromatic carbocycles. The van der Waals surface area contributed by atoms with Gasteiger partial charge in [-0.15, -0.1) is 0 Å². The number of carbonyl (C=O) groups is 10. The van der Waals surface area contributed by atoms with Crippen molar-refractivity contribution in [2.24, 2.45) is 34.8 Å². The van der Waals surface area contributed by atoms with E-state index in [2.05, 4.69) is 31.9 Å². The topological polar surface area (TPSA) is 370 Å². The van der Waals surface area contributed by atoms with Crippen LogP contribution >= 0.6 is 11.8 Å². The Balaban J connectivity index is 1.87. The fourth-order valence-electron chi connectivity index (χ4n) is 7.53. The van der Waals surface area contributed by atoms with Crippen molar-refractivity contribution in [1.82, 2.24) is 36.8 Å².